The Balaban J connectivity index is 2.77. The van der Waals surface area contributed by atoms with Gasteiger partial charge in [-0.1, -0.05) is 17.7 Å². The van der Waals surface area contributed by atoms with Crippen LogP contribution < -0.4 is 4.74 Å². The van der Waals surface area contributed by atoms with E-state index in [1.165, 1.54) is 28.5 Å². The Labute approximate surface area is 108 Å². The number of rotatable bonds is 6. The molecule has 17 heavy (non-hydrogen) atoms. The standard InChI is InChI=1S/C14H19NOS/c1-4-16-14-12(3)8-11(2)9-13(14)6-5-7-17-10-15/h8-9H,4-7H2,1-3H3. The van der Waals surface area contributed by atoms with E-state index in [1.807, 2.05) is 6.92 Å². The summed E-state index contributed by atoms with van der Waals surface area (Å²) in [5.74, 6) is 1.91. The van der Waals surface area contributed by atoms with Crippen molar-refractivity contribution in [3.05, 3.63) is 28.8 Å². The first kappa shape index (κ1) is 13.9. The van der Waals surface area contributed by atoms with Crippen molar-refractivity contribution in [3.8, 4) is 11.2 Å². The summed E-state index contributed by atoms with van der Waals surface area (Å²) in [6.45, 7) is 6.90. The van der Waals surface area contributed by atoms with Gasteiger partial charge in [-0.05, 0) is 56.5 Å². The van der Waals surface area contributed by atoms with Crippen molar-refractivity contribution in [1.82, 2.24) is 0 Å². The van der Waals surface area contributed by atoms with Crippen LogP contribution in [0.5, 0.6) is 5.75 Å². The van der Waals surface area contributed by atoms with Gasteiger partial charge in [-0.2, -0.15) is 5.26 Å². The molecular weight excluding hydrogens is 230 g/mol. The highest BCUT2D eigenvalue weighted by Crippen LogP contribution is 2.27. The molecule has 0 bridgehead atoms. The first-order chi connectivity index (χ1) is 8.19. The summed E-state index contributed by atoms with van der Waals surface area (Å²) in [5, 5.41) is 10.6. The quantitative estimate of drug-likeness (QED) is 0.567. The van der Waals surface area contributed by atoms with Crippen LogP contribution in [0.1, 0.15) is 30.0 Å². The number of benzene rings is 1. The van der Waals surface area contributed by atoms with Crippen molar-refractivity contribution >= 4 is 11.8 Å². The van der Waals surface area contributed by atoms with Crippen LogP contribution in [0.25, 0.3) is 0 Å². The zero-order valence-corrected chi connectivity index (χ0v) is 11.6. The van der Waals surface area contributed by atoms with Gasteiger partial charge in [0, 0.05) is 5.75 Å². The molecule has 0 aliphatic heterocycles. The Bertz CT molecular complexity index is 409. The molecule has 92 valence electrons. The molecule has 1 aromatic rings. The maximum atomic E-state index is 8.48. The van der Waals surface area contributed by atoms with Crippen molar-refractivity contribution in [3.63, 3.8) is 0 Å². The first-order valence-electron chi connectivity index (χ1n) is 5.92. The SMILES string of the molecule is CCOc1c(C)cc(C)cc1CCCSC#N. The molecule has 0 aromatic heterocycles. The third-order valence-electron chi connectivity index (χ3n) is 2.54. The maximum absolute atomic E-state index is 8.48. The smallest absolute Gasteiger partial charge is 0.133 e. The Morgan fingerprint density at radius 2 is 2.12 bits per heavy atom. The molecule has 0 aliphatic carbocycles. The van der Waals surface area contributed by atoms with Crippen LogP contribution >= 0.6 is 11.8 Å². The lowest BCUT2D eigenvalue weighted by Crippen LogP contribution is -2.00. The molecular formula is C14H19NOS. The van der Waals surface area contributed by atoms with Crippen LogP contribution in [0.2, 0.25) is 0 Å². The molecule has 0 saturated heterocycles. The Hall–Kier alpha value is -1.14. The average molecular weight is 249 g/mol. The maximum Gasteiger partial charge on any atom is 0.133 e. The normalized spacial score (nSPS) is 10.0. The van der Waals surface area contributed by atoms with Gasteiger partial charge in [-0.15, -0.1) is 0 Å². The van der Waals surface area contributed by atoms with Gasteiger partial charge in [0.15, 0.2) is 0 Å². The molecule has 0 spiro atoms. The van der Waals surface area contributed by atoms with Crippen molar-refractivity contribution in [1.29, 1.82) is 5.26 Å². The number of hydrogen-bond donors (Lipinski definition) is 0. The highest BCUT2D eigenvalue weighted by molar-refractivity contribution is 8.03. The Morgan fingerprint density at radius 3 is 2.76 bits per heavy atom. The third-order valence-corrected chi connectivity index (χ3v) is 3.16. The van der Waals surface area contributed by atoms with E-state index in [9.17, 15) is 0 Å². The van der Waals surface area contributed by atoms with Gasteiger partial charge < -0.3 is 4.74 Å². The summed E-state index contributed by atoms with van der Waals surface area (Å²) in [6.07, 6.45) is 1.99. The molecule has 0 atom stereocenters. The minimum atomic E-state index is 0.698. The number of ether oxygens (including phenoxy) is 1. The molecule has 0 aliphatic rings. The van der Waals surface area contributed by atoms with E-state index >= 15 is 0 Å². The number of hydrogen-bond acceptors (Lipinski definition) is 3. The summed E-state index contributed by atoms with van der Waals surface area (Å²) >= 11 is 1.32. The minimum absolute atomic E-state index is 0.698. The lowest BCUT2D eigenvalue weighted by molar-refractivity contribution is 0.334. The molecule has 0 N–H and O–H groups in total. The number of nitriles is 1. The van der Waals surface area contributed by atoms with Crippen LogP contribution in [0.3, 0.4) is 0 Å². The fourth-order valence-corrected chi connectivity index (χ4v) is 2.34. The van der Waals surface area contributed by atoms with Gasteiger partial charge in [0.2, 0.25) is 0 Å². The fourth-order valence-electron chi connectivity index (χ4n) is 1.96. The van der Waals surface area contributed by atoms with E-state index in [4.69, 9.17) is 10.00 Å². The zero-order chi connectivity index (χ0) is 12.7. The number of nitrogens with zero attached hydrogens (tertiary/aromatic N) is 1. The monoisotopic (exact) mass is 249 g/mol. The molecule has 2 nitrogen and oxygen atoms in total. The van der Waals surface area contributed by atoms with Crippen molar-refractivity contribution in [2.45, 2.75) is 33.6 Å². The molecule has 0 saturated carbocycles. The lowest BCUT2D eigenvalue weighted by Gasteiger charge is -2.14. The third kappa shape index (κ3) is 4.32. The number of thioether (sulfide) groups is 1. The van der Waals surface area contributed by atoms with E-state index in [1.54, 1.807) is 0 Å². The highest BCUT2D eigenvalue weighted by atomic mass is 32.2. The van der Waals surface area contributed by atoms with E-state index in [0.29, 0.717) is 6.61 Å². The summed E-state index contributed by atoms with van der Waals surface area (Å²) in [5.41, 5.74) is 3.74. The summed E-state index contributed by atoms with van der Waals surface area (Å²) in [4.78, 5) is 0. The first-order valence-corrected chi connectivity index (χ1v) is 6.91. The molecule has 0 radical (unpaired) electrons. The second-order valence-electron chi connectivity index (χ2n) is 4.05. The average Bonchev–Trinajstić information content (AvgIpc) is 2.29. The lowest BCUT2D eigenvalue weighted by atomic mass is 10.0. The predicted octanol–water partition coefficient (Wildman–Crippen LogP) is 3.85. The molecule has 1 aromatic carbocycles. The van der Waals surface area contributed by atoms with Gasteiger partial charge >= 0.3 is 0 Å². The predicted molar refractivity (Wildman–Crippen MR) is 73.5 cm³/mol. The number of thiocyanates is 1. The van der Waals surface area contributed by atoms with Crippen LogP contribution in [0.4, 0.5) is 0 Å². The summed E-state index contributed by atoms with van der Waals surface area (Å²) in [6, 6.07) is 4.34. The zero-order valence-electron chi connectivity index (χ0n) is 10.7. The van der Waals surface area contributed by atoms with Gasteiger partial charge in [0.25, 0.3) is 0 Å². The van der Waals surface area contributed by atoms with Gasteiger partial charge in [0.05, 0.1) is 6.61 Å². The van der Waals surface area contributed by atoms with Crippen LogP contribution in [-0.4, -0.2) is 12.4 Å². The Morgan fingerprint density at radius 1 is 1.35 bits per heavy atom. The largest absolute Gasteiger partial charge is 0.493 e. The topological polar surface area (TPSA) is 33.0 Å². The molecule has 0 amide bonds. The van der Waals surface area contributed by atoms with Crippen molar-refractivity contribution in [2.75, 3.05) is 12.4 Å². The van der Waals surface area contributed by atoms with Crippen LogP contribution in [-0.2, 0) is 6.42 Å². The second kappa shape index (κ2) is 7.24. The second-order valence-corrected chi connectivity index (χ2v) is 4.93. The van der Waals surface area contributed by atoms with Gasteiger partial charge in [-0.3, -0.25) is 0 Å². The summed E-state index contributed by atoms with van der Waals surface area (Å²) in [7, 11) is 0. The highest BCUT2D eigenvalue weighted by Gasteiger charge is 2.07. The van der Waals surface area contributed by atoms with Crippen LogP contribution in [0.15, 0.2) is 12.1 Å². The van der Waals surface area contributed by atoms with Gasteiger partial charge in [-0.25, -0.2) is 0 Å². The van der Waals surface area contributed by atoms with Crippen LogP contribution in [0, 0.1) is 24.5 Å². The molecule has 0 fully saturated rings. The number of aryl methyl sites for hydroxylation is 3. The van der Waals surface area contributed by atoms with E-state index < -0.39 is 0 Å². The van der Waals surface area contributed by atoms with Crippen molar-refractivity contribution in [2.24, 2.45) is 0 Å². The molecule has 0 unspecified atom stereocenters. The van der Waals surface area contributed by atoms with E-state index in [2.05, 4.69) is 31.4 Å². The minimum Gasteiger partial charge on any atom is -0.493 e. The van der Waals surface area contributed by atoms with E-state index in [0.717, 1.165) is 24.3 Å². The van der Waals surface area contributed by atoms with E-state index in [-0.39, 0.29) is 0 Å². The van der Waals surface area contributed by atoms with Crippen molar-refractivity contribution < 1.29 is 4.74 Å². The summed E-state index contributed by atoms with van der Waals surface area (Å²) < 4.78 is 5.71. The molecule has 3 heteroatoms. The molecule has 0 heterocycles. The molecule has 1 rings (SSSR count). The van der Waals surface area contributed by atoms with Gasteiger partial charge in [0.1, 0.15) is 11.2 Å². The Kier molecular flexibility index (Phi) is 5.93. The fraction of sp³-hybridized carbons (Fsp3) is 0.500.